The summed E-state index contributed by atoms with van der Waals surface area (Å²) < 4.78 is 38.9. The van der Waals surface area contributed by atoms with Gasteiger partial charge in [-0.05, 0) is 25.0 Å². The van der Waals surface area contributed by atoms with Crippen LogP contribution in [-0.2, 0) is 21.4 Å². The summed E-state index contributed by atoms with van der Waals surface area (Å²) >= 11 is 1.51. The van der Waals surface area contributed by atoms with Crippen LogP contribution in [0.4, 0.5) is 0 Å². The summed E-state index contributed by atoms with van der Waals surface area (Å²) in [6.07, 6.45) is 1.66. The van der Waals surface area contributed by atoms with E-state index in [1.54, 1.807) is 18.2 Å². The fraction of sp³-hybridized carbons (Fsp3) is 0.474. The van der Waals surface area contributed by atoms with E-state index in [2.05, 4.69) is 10.3 Å². The molecule has 0 radical (unpaired) electrons. The predicted molar refractivity (Wildman–Crippen MR) is 108 cm³/mol. The number of nitrogens with zero attached hydrogens (tertiary/aromatic N) is 2. The minimum Gasteiger partial charge on any atom is -0.486 e. The van der Waals surface area contributed by atoms with Crippen molar-refractivity contribution in [2.45, 2.75) is 37.1 Å². The van der Waals surface area contributed by atoms with Crippen molar-refractivity contribution in [1.82, 2.24) is 14.6 Å². The molecule has 1 amide bonds. The first-order valence-electron chi connectivity index (χ1n) is 9.52. The second-order valence-corrected chi connectivity index (χ2v) is 9.92. The summed E-state index contributed by atoms with van der Waals surface area (Å²) in [5.74, 6) is 0.982. The predicted octanol–water partition coefficient (Wildman–Crippen LogP) is 2.12. The number of sulfonamides is 1. The Morgan fingerprint density at radius 2 is 2.10 bits per heavy atom. The number of ether oxygens (including phenoxy) is 2. The number of amides is 1. The van der Waals surface area contributed by atoms with Crippen LogP contribution in [0.3, 0.4) is 0 Å². The standard InChI is InChI=1S/C19H23N3O5S2/c1-13(23)20-10-15-12-28-19(21-15)14-3-2-6-22(11-14)29(24,25)16-4-5-17-18(9-16)27-8-7-26-17/h4-5,9,12,14H,2-3,6-8,10-11H2,1H3,(H,20,23)/t14-/m0/s1. The van der Waals surface area contributed by atoms with Gasteiger partial charge < -0.3 is 14.8 Å². The van der Waals surface area contributed by atoms with E-state index in [0.29, 0.717) is 44.3 Å². The van der Waals surface area contributed by atoms with Gasteiger partial charge in [0, 0.05) is 37.4 Å². The van der Waals surface area contributed by atoms with Crippen molar-refractivity contribution < 1.29 is 22.7 Å². The van der Waals surface area contributed by atoms with Gasteiger partial charge in [0.1, 0.15) is 13.2 Å². The number of carbonyl (C=O) groups is 1. The van der Waals surface area contributed by atoms with Crippen molar-refractivity contribution in [2.75, 3.05) is 26.3 Å². The molecule has 1 atom stereocenters. The SMILES string of the molecule is CC(=O)NCc1csc([C@H]2CCCN(S(=O)(=O)c3ccc4c(c3)OCCO4)C2)n1. The molecule has 2 aromatic rings. The number of benzene rings is 1. The lowest BCUT2D eigenvalue weighted by Gasteiger charge is -2.31. The van der Waals surface area contributed by atoms with Gasteiger partial charge in [-0.1, -0.05) is 0 Å². The van der Waals surface area contributed by atoms with Crippen molar-refractivity contribution in [3.8, 4) is 11.5 Å². The zero-order valence-corrected chi connectivity index (χ0v) is 17.7. The van der Waals surface area contributed by atoms with Crippen LogP contribution in [-0.4, -0.2) is 49.9 Å². The number of nitrogens with one attached hydrogen (secondary N) is 1. The molecule has 4 rings (SSSR count). The molecule has 1 aromatic carbocycles. The molecule has 1 fully saturated rings. The lowest BCUT2D eigenvalue weighted by Crippen LogP contribution is -2.39. The van der Waals surface area contributed by atoms with Gasteiger partial charge in [-0.3, -0.25) is 4.79 Å². The first kappa shape index (κ1) is 20.1. The van der Waals surface area contributed by atoms with Gasteiger partial charge >= 0.3 is 0 Å². The van der Waals surface area contributed by atoms with Crippen LogP contribution >= 0.6 is 11.3 Å². The Balaban J connectivity index is 1.49. The Morgan fingerprint density at radius 3 is 2.90 bits per heavy atom. The number of fused-ring (bicyclic) bond motifs is 1. The fourth-order valence-electron chi connectivity index (χ4n) is 3.50. The Hall–Kier alpha value is -2.17. The van der Waals surface area contributed by atoms with Crippen LogP contribution in [0.1, 0.15) is 36.4 Å². The van der Waals surface area contributed by atoms with E-state index in [4.69, 9.17) is 9.47 Å². The lowest BCUT2D eigenvalue weighted by atomic mass is 10.0. The third kappa shape index (κ3) is 4.39. The lowest BCUT2D eigenvalue weighted by molar-refractivity contribution is -0.119. The molecule has 1 saturated heterocycles. The molecule has 2 aliphatic heterocycles. The molecule has 0 aliphatic carbocycles. The van der Waals surface area contributed by atoms with Gasteiger partial charge in [0.05, 0.1) is 22.1 Å². The van der Waals surface area contributed by atoms with Crippen molar-refractivity contribution in [3.05, 3.63) is 34.3 Å². The largest absolute Gasteiger partial charge is 0.486 e. The third-order valence-electron chi connectivity index (χ3n) is 4.97. The van der Waals surface area contributed by atoms with Crippen LogP contribution in [0.2, 0.25) is 0 Å². The van der Waals surface area contributed by atoms with Crippen molar-refractivity contribution in [3.63, 3.8) is 0 Å². The minimum absolute atomic E-state index is 0.0480. The molecule has 0 spiro atoms. The highest BCUT2D eigenvalue weighted by molar-refractivity contribution is 7.89. The minimum atomic E-state index is -3.63. The third-order valence-corrected chi connectivity index (χ3v) is 7.89. The summed E-state index contributed by atoms with van der Waals surface area (Å²) in [6, 6.07) is 4.77. The molecule has 0 saturated carbocycles. The number of aromatic nitrogens is 1. The molecule has 0 bridgehead atoms. The zero-order chi connectivity index (χ0) is 20.4. The second-order valence-electron chi connectivity index (χ2n) is 7.09. The van der Waals surface area contributed by atoms with Crippen LogP contribution in [0.5, 0.6) is 11.5 Å². The van der Waals surface area contributed by atoms with Crippen molar-refractivity contribution in [2.24, 2.45) is 0 Å². The summed E-state index contributed by atoms with van der Waals surface area (Å²) in [5, 5.41) is 5.56. The highest BCUT2D eigenvalue weighted by Crippen LogP contribution is 2.35. The van der Waals surface area contributed by atoms with Crippen molar-refractivity contribution in [1.29, 1.82) is 0 Å². The maximum Gasteiger partial charge on any atom is 0.243 e. The molecule has 10 heteroatoms. The Kier molecular flexibility index (Phi) is 5.75. The van der Waals surface area contributed by atoms with Crippen LogP contribution in [0.15, 0.2) is 28.5 Å². The van der Waals surface area contributed by atoms with Gasteiger partial charge in [-0.2, -0.15) is 4.31 Å². The maximum absolute atomic E-state index is 13.2. The van der Waals surface area contributed by atoms with Gasteiger partial charge in [0.2, 0.25) is 15.9 Å². The van der Waals surface area contributed by atoms with E-state index in [1.165, 1.54) is 22.6 Å². The van der Waals surface area contributed by atoms with Crippen LogP contribution < -0.4 is 14.8 Å². The Morgan fingerprint density at radius 1 is 1.31 bits per heavy atom. The molecule has 0 unspecified atom stereocenters. The summed E-state index contributed by atoms with van der Waals surface area (Å²) in [6.45, 7) is 3.60. The number of thiazole rings is 1. The monoisotopic (exact) mass is 437 g/mol. The normalized spacial score (nSPS) is 19.7. The summed E-state index contributed by atoms with van der Waals surface area (Å²) in [7, 11) is -3.63. The summed E-state index contributed by atoms with van der Waals surface area (Å²) in [4.78, 5) is 15.9. The van der Waals surface area contributed by atoms with Gasteiger partial charge in [0.15, 0.2) is 11.5 Å². The zero-order valence-electron chi connectivity index (χ0n) is 16.1. The average Bonchev–Trinajstić information content (AvgIpc) is 3.21. The molecular formula is C19H23N3O5S2. The second kappa shape index (κ2) is 8.29. The summed E-state index contributed by atoms with van der Waals surface area (Å²) in [5.41, 5.74) is 0.798. The molecule has 8 nitrogen and oxygen atoms in total. The number of piperidine rings is 1. The van der Waals surface area contributed by atoms with Gasteiger partial charge in [-0.15, -0.1) is 11.3 Å². The van der Waals surface area contributed by atoms with E-state index < -0.39 is 10.0 Å². The topological polar surface area (TPSA) is 97.8 Å². The van der Waals surface area contributed by atoms with E-state index >= 15 is 0 Å². The molecule has 2 aliphatic rings. The number of hydrogen-bond acceptors (Lipinski definition) is 7. The molecule has 156 valence electrons. The highest BCUT2D eigenvalue weighted by atomic mass is 32.2. The van der Waals surface area contributed by atoms with E-state index in [9.17, 15) is 13.2 Å². The highest BCUT2D eigenvalue weighted by Gasteiger charge is 2.33. The smallest absolute Gasteiger partial charge is 0.243 e. The molecule has 1 N–H and O–H groups in total. The van der Waals surface area contributed by atoms with E-state index in [1.807, 2.05) is 5.38 Å². The Bertz CT molecular complexity index is 1010. The quantitative estimate of drug-likeness (QED) is 0.770. The van der Waals surface area contributed by atoms with Crippen molar-refractivity contribution >= 4 is 27.3 Å². The number of rotatable bonds is 5. The number of hydrogen-bond donors (Lipinski definition) is 1. The molecule has 3 heterocycles. The van der Waals surface area contributed by atoms with E-state index in [0.717, 1.165) is 23.5 Å². The maximum atomic E-state index is 13.2. The number of carbonyl (C=O) groups excluding carboxylic acids is 1. The van der Waals surface area contributed by atoms with Crippen LogP contribution in [0.25, 0.3) is 0 Å². The van der Waals surface area contributed by atoms with E-state index in [-0.39, 0.29) is 16.7 Å². The average molecular weight is 438 g/mol. The van der Waals surface area contributed by atoms with Gasteiger partial charge in [-0.25, -0.2) is 13.4 Å². The van der Waals surface area contributed by atoms with Crippen LogP contribution in [0, 0.1) is 0 Å². The first-order valence-corrected chi connectivity index (χ1v) is 11.8. The first-order chi connectivity index (χ1) is 13.9. The van der Waals surface area contributed by atoms with Gasteiger partial charge in [0.25, 0.3) is 0 Å². The molecule has 1 aromatic heterocycles. The Labute approximate surface area is 173 Å². The fourth-order valence-corrected chi connectivity index (χ4v) is 5.99. The molecule has 29 heavy (non-hydrogen) atoms. The molecular weight excluding hydrogens is 414 g/mol.